The van der Waals surface area contributed by atoms with Crippen molar-refractivity contribution in [3.8, 4) is 0 Å². The third-order valence-corrected chi connectivity index (χ3v) is 8.18. The first-order chi connectivity index (χ1) is 16.9. The van der Waals surface area contributed by atoms with E-state index in [0.717, 1.165) is 11.5 Å². The van der Waals surface area contributed by atoms with Gasteiger partial charge in [-0.15, -0.1) is 0 Å². The molecule has 4 heteroatoms. The standard InChI is InChI=1S/C26H21NOP.C5H5.Fe/c1-3-13-21(14-4-1)29(22-15-5-2-6-16-22)25-18-10-9-17-23(25)26-27-24(19-28-26)20-11-7-8-12-20;1-2-4-5-3-1;/h1-18,24H,19H2;1-5H;/q;;+2/t24-;;/m1../s1. The maximum absolute atomic E-state index is 6.10. The van der Waals surface area contributed by atoms with E-state index in [9.17, 15) is 0 Å². The minimum atomic E-state index is -0.703. The van der Waals surface area contributed by atoms with Crippen LogP contribution in [0.2, 0.25) is 0 Å². The van der Waals surface area contributed by atoms with Crippen LogP contribution in [0.15, 0.2) is 89.9 Å². The second-order valence-corrected chi connectivity index (χ2v) is 10.2. The third-order valence-electron chi connectivity index (χ3n) is 5.68. The van der Waals surface area contributed by atoms with Crippen molar-refractivity contribution in [3.05, 3.63) is 154 Å². The van der Waals surface area contributed by atoms with E-state index in [-0.39, 0.29) is 23.1 Å². The normalized spacial score (nSPS) is 19.5. The fourth-order valence-electron chi connectivity index (χ4n) is 4.05. The number of hydrogen-bond acceptors (Lipinski definition) is 2. The molecule has 1 aliphatic heterocycles. The summed E-state index contributed by atoms with van der Waals surface area (Å²) in [6.07, 6.45) is 18.3. The van der Waals surface area contributed by atoms with Crippen molar-refractivity contribution in [2.24, 2.45) is 4.99 Å². The average Bonchev–Trinajstić information content (AvgIpc) is 3.70. The molecule has 0 saturated heterocycles. The summed E-state index contributed by atoms with van der Waals surface area (Å²) in [6, 6.07) is 30.1. The van der Waals surface area contributed by atoms with Gasteiger partial charge < -0.3 is 4.74 Å². The molecule has 6 rings (SSSR count). The van der Waals surface area contributed by atoms with Crippen molar-refractivity contribution in [1.29, 1.82) is 0 Å². The van der Waals surface area contributed by atoms with Crippen molar-refractivity contribution in [3.63, 3.8) is 0 Å². The predicted octanol–water partition coefficient (Wildman–Crippen LogP) is 5.01. The van der Waals surface area contributed by atoms with Gasteiger partial charge in [-0.2, -0.15) is 0 Å². The maximum atomic E-state index is 6.10. The van der Waals surface area contributed by atoms with Crippen molar-refractivity contribution in [2.45, 2.75) is 6.04 Å². The number of rotatable bonds is 5. The number of benzene rings is 3. The molecule has 0 bridgehead atoms. The van der Waals surface area contributed by atoms with E-state index in [0.29, 0.717) is 6.61 Å². The van der Waals surface area contributed by atoms with Crippen LogP contribution in [-0.4, -0.2) is 18.5 Å². The summed E-state index contributed by atoms with van der Waals surface area (Å²) >= 11 is 0. The number of ether oxygens (including phenoxy) is 1. The van der Waals surface area contributed by atoms with E-state index in [4.69, 9.17) is 9.73 Å². The van der Waals surface area contributed by atoms with Crippen LogP contribution in [0.1, 0.15) is 5.56 Å². The second kappa shape index (κ2) is 13.4. The summed E-state index contributed by atoms with van der Waals surface area (Å²) in [6.45, 7) is 0.599. The molecular weight excluding hydrogens is 489 g/mol. The zero-order chi connectivity index (χ0) is 23.0. The minimum Gasteiger partial charge on any atom is -0.475 e. The largest absolute Gasteiger partial charge is 2.00 e. The molecule has 2 aliphatic carbocycles. The summed E-state index contributed by atoms with van der Waals surface area (Å²) in [5, 5.41) is 3.93. The van der Waals surface area contributed by atoms with Gasteiger partial charge in [0.1, 0.15) is 6.61 Å². The summed E-state index contributed by atoms with van der Waals surface area (Å²) in [4.78, 5) is 4.94. The monoisotopic (exact) mass is 515 g/mol. The summed E-state index contributed by atoms with van der Waals surface area (Å²) in [7, 11) is -0.703. The van der Waals surface area contributed by atoms with Crippen molar-refractivity contribution < 1.29 is 21.8 Å². The Hall–Kier alpha value is -1.92. The molecule has 3 aliphatic rings. The van der Waals surface area contributed by atoms with Crippen LogP contribution < -0.4 is 15.9 Å². The molecule has 0 aromatic heterocycles. The minimum absolute atomic E-state index is 0. The fourth-order valence-corrected chi connectivity index (χ4v) is 6.50. The molecule has 0 N–H and O–H groups in total. The third kappa shape index (κ3) is 6.65. The van der Waals surface area contributed by atoms with Gasteiger partial charge in [0, 0.05) is 11.5 Å². The Labute approximate surface area is 222 Å². The Morgan fingerprint density at radius 1 is 0.629 bits per heavy atom. The van der Waals surface area contributed by atoms with Gasteiger partial charge in [0.15, 0.2) is 0 Å². The van der Waals surface area contributed by atoms with Crippen LogP contribution >= 0.6 is 7.92 Å². The van der Waals surface area contributed by atoms with Crippen molar-refractivity contribution >= 4 is 29.7 Å². The fraction of sp³-hybridized carbons (Fsp3) is 0.0645. The molecule has 35 heavy (non-hydrogen) atoms. The first kappa shape index (κ1) is 26.2. The topological polar surface area (TPSA) is 21.6 Å². The summed E-state index contributed by atoms with van der Waals surface area (Å²) < 4.78 is 6.10. The van der Waals surface area contributed by atoms with Gasteiger partial charge in [0.2, 0.25) is 5.90 Å². The van der Waals surface area contributed by atoms with Gasteiger partial charge in [0.25, 0.3) is 0 Å². The molecule has 2 nitrogen and oxygen atoms in total. The smallest absolute Gasteiger partial charge is 0.475 e. The summed E-state index contributed by atoms with van der Waals surface area (Å²) in [5.74, 6) is 1.97. The van der Waals surface area contributed by atoms with Gasteiger partial charge in [-0.1, -0.05) is 78.9 Å². The van der Waals surface area contributed by atoms with Crippen molar-refractivity contribution in [2.75, 3.05) is 6.61 Å². The molecule has 172 valence electrons. The number of hydrogen-bond donors (Lipinski definition) is 0. The average molecular weight is 515 g/mol. The molecule has 3 aromatic carbocycles. The van der Waals surface area contributed by atoms with Gasteiger partial charge in [-0.25, -0.2) is 4.99 Å². The Bertz CT molecular complexity index is 1010. The predicted molar refractivity (Wildman–Crippen MR) is 143 cm³/mol. The van der Waals surface area contributed by atoms with Crippen LogP contribution in [0.5, 0.6) is 0 Å². The molecule has 2 fully saturated rings. The zero-order valence-corrected chi connectivity index (χ0v) is 21.2. The van der Waals surface area contributed by atoms with E-state index >= 15 is 0 Å². The molecule has 0 spiro atoms. The SMILES string of the molecule is [CH]1[CH][CH][CH][CH]1.[CH]1[CH][CH][C]([C@H]2COC(c3ccccc3P(c3ccccc3)c3ccccc3)=N2)[CH]1.[Fe+2]. The molecule has 1 heterocycles. The first-order valence-electron chi connectivity index (χ1n) is 11.5. The molecule has 10 radical (unpaired) electrons. The zero-order valence-electron chi connectivity index (χ0n) is 19.2. The van der Waals surface area contributed by atoms with Crippen LogP contribution in [-0.2, 0) is 21.8 Å². The molecule has 1 atom stereocenters. The van der Waals surface area contributed by atoms with E-state index < -0.39 is 7.92 Å². The Morgan fingerprint density at radius 3 is 1.71 bits per heavy atom. The quantitative estimate of drug-likeness (QED) is 0.346. The van der Waals surface area contributed by atoms with Crippen LogP contribution in [0.4, 0.5) is 0 Å². The Morgan fingerprint density at radius 2 is 1.14 bits per heavy atom. The molecule has 2 saturated carbocycles. The van der Waals surface area contributed by atoms with Crippen molar-refractivity contribution in [1.82, 2.24) is 0 Å². The van der Waals surface area contributed by atoms with Gasteiger partial charge in [0.05, 0.1) is 6.04 Å². The molecule has 0 amide bonds. The van der Waals surface area contributed by atoms with E-state index in [2.05, 4.69) is 111 Å². The number of nitrogens with zero attached hydrogens (tertiary/aromatic N) is 1. The van der Waals surface area contributed by atoms with E-state index in [1.807, 2.05) is 32.1 Å². The Balaban J connectivity index is 0.000000431. The second-order valence-electron chi connectivity index (χ2n) is 7.97. The molecule has 0 unspecified atom stereocenters. The van der Waals surface area contributed by atoms with Crippen LogP contribution in [0.3, 0.4) is 0 Å². The van der Waals surface area contributed by atoms with Gasteiger partial charge in [-0.05, 0) is 87.7 Å². The maximum Gasteiger partial charge on any atom is 2.00 e. The molecular formula is C31H26FeNOP+2. The Kier molecular flexibility index (Phi) is 10.0. The van der Waals surface area contributed by atoms with E-state index in [1.54, 1.807) is 0 Å². The molecule has 3 aromatic rings. The number of aliphatic imine (C=N–C) groups is 1. The van der Waals surface area contributed by atoms with Gasteiger partial charge >= 0.3 is 17.1 Å². The van der Waals surface area contributed by atoms with Crippen LogP contribution in [0.25, 0.3) is 0 Å². The van der Waals surface area contributed by atoms with E-state index in [1.165, 1.54) is 21.8 Å². The van der Waals surface area contributed by atoms with Crippen LogP contribution in [0, 0.1) is 63.7 Å². The summed E-state index contributed by atoms with van der Waals surface area (Å²) in [5.41, 5.74) is 1.10. The van der Waals surface area contributed by atoms with Gasteiger partial charge in [-0.3, -0.25) is 0 Å². The first-order valence-corrected chi connectivity index (χ1v) is 12.8.